The number of carbonyl (C=O) groups is 1. The third kappa shape index (κ3) is 3.07. The number of carbonyl (C=O) groups excluding carboxylic acids is 1. The number of fused-ring (bicyclic) bond motifs is 1. The molecule has 0 aliphatic carbocycles. The molecule has 2 aromatic rings. The van der Waals surface area contributed by atoms with E-state index < -0.39 is 11.9 Å². The van der Waals surface area contributed by atoms with Gasteiger partial charge < -0.3 is 10.6 Å². The molecule has 2 heterocycles. The number of aromatic nitrogens is 2. The number of alkyl halides is 3. The summed E-state index contributed by atoms with van der Waals surface area (Å²) in [6, 6.07) is 0. The Morgan fingerprint density at radius 3 is 2.71 bits per heavy atom. The Labute approximate surface area is 122 Å². The molecule has 2 N–H and O–H groups in total. The minimum absolute atomic E-state index is 0.0795. The fourth-order valence-corrected chi connectivity index (χ4v) is 2.77. The number of halogens is 3. The molecule has 0 aromatic carbocycles. The topological polar surface area (TPSA) is 66.9 Å². The maximum Gasteiger partial charge on any atom is 0.434 e. The van der Waals surface area contributed by atoms with Crippen LogP contribution < -0.4 is 10.6 Å². The van der Waals surface area contributed by atoms with E-state index in [1.165, 1.54) is 0 Å². The lowest BCUT2D eigenvalue weighted by molar-refractivity contribution is -0.141. The molecule has 5 nitrogen and oxygen atoms in total. The molecule has 0 aliphatic heterocycles. The third-order valence-corrected chi connectivity index (χ3v) is 3.76. The SMILES string of the molecule is CCCNC(=O)c1sc2nc(C(F)(F)F)cnc2c1NC. The number of anilines is 1. The van der Waals surface area contributed by atoms with Crippen molar-refractivity contribution in [1.29, 1.82) is 0 Å². The molecule has 0 spiro atoms. The first-order chi connectivity index (χ1) is 9.88. The molecular weight excluding hydrogens is 305 g/mol. The Balaban J connectivity index is 2.50. The molecule has 0 radical (unpaired) electrons. The standard InChI is InChI=1S/C12H13F3N4OS/c1-3-4-17-10(20)9-7(16-2)8-11(21-9)19-6(5-18-8)12(13,14)15/h5,16H,3-4H2,1-2H3,(H,17,20). The van der Waals surface area contributed by atoms with Crippen molar-refractivity contribution in [3.63, 3.8) is 0 Å². The van der Waals surface area contributed by atoms with Crippen molar-refractivity contribution in [2.45, 2.75) is 19.5 Å². The van der Waals surface area contributed by atoms with Crippen LogP contribution in [0.1, 0.15) is 28.7 Å². The van der Waals surface area contributed by atoms with E-state index in [-0.39, 0.29) is 21.1 Å². The van der Waals surface area contributed by atoms with Crippen LogP contribution in [0.2, 0.25) is 0 Å². The Hall–Kier alpha value is -1.90. The van der Waals surface area contributed by atoms with Crippen LogP contribution in [0.4, 0.5) is 18.9 Å². The van der Waals surface area contributed by atoms with Crippen molar-refractivity contribution < 1.29 is 18.0 Å². The second kappa shape index (κ2) is 5.84. The van der Waals surface area contributed by atoms with Gasteiger partial charge in [0.15, 0.2) is 5.69 Å². The number of thiophene rings is 1. The fraction of sp³-hybridized carbons (Fsp3) is 0.417. The highest BCUT2D eigenvalue weighted by Crippen LogP contribution is 2.35. The third-order valence-electron chi connectivity index (χ3n) is 2.69. The van der Waals surface area contributed by atoms with Gasteiger partial charge >= 0.3 is 6.18 Å². The highest BCUT2D eigenvalue weighted by molar-refractivity contribution is 7.21. The molecule has 1 amide bonds. The summed E-state index contributed by atoms with van der Waals surface area (Å²) in [5.41, 5.74) is -0.415. The average molecular weight is 318 g/mol. The van der Waals surface area contributed by atoms with E-state index >= 15 is 0 Å². The first-order valence-corrected chi connectivity index (χ1v) is 7.02. The second-order valence-electron chi connectivity index (χ2n) is 4.22. The summed E-state index contributed by atoms with van der Waals surface area (Å²) in [5.74, 6) is -0.348. The van der Waals surface area contributed by atoms with Crippen LogP contribution in [0.15, 0.2) is 6.20 Å². The van der Waals surface area contributed by atoms with Crippen molar-refractivity contribution >= 4 is 33.3 Å². The maximum atomic E-state index is 12.6. The average Bonchev–Trinajstić information content (AvgIpc) is 2.81. The van der Waals surface area contributed by atoms with Gasteiger partial charge in [0.25, 0.3) is 5.91 Å². The largest absolute Gasteiger partial charge is 0.434 e. The van der Waals surface area contributed by atoms with E-state index in [1.54, 1.807) is 7.05 Å². The Morgan fingerprint density at radius 2 is 2.14 bits per heavy atom. The van der Waals surface area contributed by atoms with E-state index in [1.807, 2.05) is 6.92 Å². The van der Waals surface area contributed by atoms with Crippen LogP contribution in [-0.4, -0.2) is 29.5 Å². The summed E-state index contributed by atoms with van der Waals surface area (Å²) in [4.78, 5) is 19.7. The fourth-order valence-electron chi connectivity index (χ4n) is 1.72. The number of amides is 1. The van der Waals surface area contributed by atoms with Crippen LogP contribution in [0, 0.1) is 0 Å². The molecule has 0 aliphatic rings. The first kappa shape index (κ1) is 15.5. The zero-order valence-corrected chi connectivity index (χ0v) is 12.2. The number of nitrogens with zero attached hydrogens (tertiary/aromatic N) is 2. The first-order valence-electron chi connectivity index (χ1n) is 6.21. The molecule has 2 aromatic heterocycles. The van der Waals surface area contributed by atoms with Gasteiger partial charge in [-0.1, -0.05) is 6.92 Å². The van der Waals surface area contributed by atoms with Gasteiger partial charge in [-0.25, -0.2) is 9.97 Å². The second-order valence-corrected chi connectivity index (χ2v) is 5.22. The Kier molecular flexibility index (Phi) is 4.31. The summed E-state index contributed by atoms with van der Waals surface area (Å²) in [6.07, 6.45) is -3.13. The predicted molar refractivity (Wildman–Crippen MR) is 74.6 cm³/mol. The van der Waals surface area contributed by atoms with E-state index in [0.29, 0.717) is 18.4 Å². The molecule has 9 heteroatoms. The van der Waals surface area contributed by atoms with Crippen molar-refractivity contribution in [2.24, 2.45) is 0 Å². The summed E-state index contributed by atoms with van der Waals surface area (Å²) < 4.78 is 37.9. The zero-order valence-electron chi connectivity index (χ0n) is 11.3. The van der Waals surface area contributed by atoms with Gasteiger partial charge in [0.2, 0.25) is 0 Å². The lowest BCUT2D eigenvalue weighted by Crippen LogP contribution is -2.23. The zero-order chi connectivity index (χ0) is 15.6. The smallest absolute Gasteiger partial charge is 0.385 e. The van der Waals surface area contributed by atoms with E-state index in [2.05, 4.69) is 20.6 Å². The van der Waals surface area contributed by atoms with E-state index in [4.69, 9.17) is 0 Å². The number of hydrogen-bond acceptors (Lipinski definition) is 5. The summed E-state index contributed by atoms with van der Waals surface area (Å²) in [7, 11) is 1.58. The predicted octanol–water partition coefficient (Wildman–Crippen LogP) is 2.89. The molecule has 0 unspecified atom stereocenters. The molecule has 0 atom stereocenters. The molecule has 0 saturated carbocycles. The minimum Gasteiger partial charge on any atom is -0.385 e. The Morgan fingerprint density at radius 1 is 1.43 bits per heavy atom. The van der Waals surface area contributed by atoms with Crippen LogP contribution in [0.3, 0.4) is 0 Å². The highest BCUT2D eigenvalue weighted by Gasteiger charge is 2.34. The molecular formula is C12H13F3N4OS. The molecule has 114 valence electrons. The maximum absolute atomic E-state index is 12.6. The van der Waals surface area contributed by atoms with E-state index in [0.717, 1.165) is 17.8 Å². The van der Waals surface area contributed by atoms with Gasteiger partial charge in [0, 0.05) is 13.6 Å². The van der Waals surface area contributed by atoms with Crippen LogP contribution >= 0.6 is 11.3 Å². The molecule has 0 saturated heterocycles. The molecule has 0 bridgehead atoms. The van der Waals surface area contributed by atoms with Crippen molar-refractivity contribution in [3.05, 3.63) is 16.8 Å². The Bertz CT molecular complexity index is 668. The summed E-state index contributed by atoms with van der Waals surface area (Å²) in [5, 5.41) is 5.48. The van der Waals surface area contributed by atoms with Gasteiger partial charge in [-0.2, -0.15) is 13.2 Å². The van der Waals surface area contributed by atoms with Crippen LogP contribution in [0.5, 0.6) is 0 Å². The van der Waals surface area contributed by atoms with Gasteiger partial charge in [0.1, 0.15) is 15.2 Å². The lowest BCUT2D eigenvalue weighted by Gasteiger charge is -2.05. The molecule has 2 rings (SSSR count). The van der Waals surface area contributed by atoms with Crippen molar-refractivity contribution in [3.8, 4) is 0 Å². The van der Waals surface area contributed by atoms with Crippen molar-refractivity contribution in [2.75, 3.05) is 18.9 Å². The highest BCUT2D eigenvalue weighted by atomic mass is 32.1. The summed E-state index contributed by atoms with van der Waals surface area (Å²) >= 11 is 0.889. The van der Waals surface area contributed by atoms with Gasteiger partial charge in [0.05, 0.1) is 11.9 Å². The van der Waals surface area contributed by atoms with E-state index in [9.17, 15) is 18.0 Å². The van der Waals surface area contributed by atoms with Crippen LogP contribution in [-0.2, 0) is 6.18 Å². The van der Waals surface area contributed by atoms with Gasteiger partial charge in [-0.3, -0.25) is 4.79 Å². The summed E-state index contributed by atoms with van der Waals surface area (Å²) in [6.45, 7) is 2.40. The number of hydrogen-bond donors (Lipinski definition) is 2. The number of nitrogens with one attached hydrogen (secondary N) is 2. The molecule has 21 heavy (non-hydrogen) atoms. The normalized spacial score (nSPS) is 11.7. The quantitative estimate of drug-likeness (QED) is 0.909. The van der Waals surface area contributed by atoms with Crippen molar-refractivity contribution in [1.82, 2.24) is 15.3 Å². The minimum atomic E-state index is -4.56. The molecule has 0 fully saturated rings. The number of rotatable bonds is 4. The van der Waals surface area contributed by atoms with Gasteiger partial charge in [-0.15, -0.1) is 11.3 Å². The monoisotopic (exact) mass is 318 g/mol. The van der Waals surface area contributed by atoms with Gasteiger partial charge in [-0.05, 0) is 6.42 Å². The lowest BCUT2D eigenvalue weighted by atomic mass is 10.3. The van der Waals surface area contributed by atoms with Crippen LogP contribution in [0.25, 0.3) is 10.3 Å².